The van der Waals surface area contributed by atoms with Crippen LogP contribution in [-0.4, -0.2) is 33.8 Å². The van der Waals surface area contributed by atoms with Crippen LogP contribution in [0.15, 0.2) is 79.0 Å². The molecule has 1 heterocycles. The minimum Gasteiger partial charge on any atom is -0.486 e. The Labute approximate surface area is 210 Å². The van der Waals surface area contributed by atoms with Gasteiger partial charge in [0.2, 0.25) is 0 Å². The third-order valence-corrected chi connectivity index (χ3v) is 6.14. The first-order valence-corrected chi connectivity index (χ1v) is 12.2. The van der Waals surface area contributed by atoms with Gasteiger partial charge in [0.25, 0.3) is 0 Å². The molecule has 4 rings (SSSR count). The fraction of sp³-hybridized carbons (Fsp3) is 0.233. The van der Waals surface area contributed by atoms with Gasteiger partial charge in [-0.1, -0.05) is 62.2 Å². The van der Waals surface area contributed by atoms with Gasteiger partial charge in [0.05, 0.1) is 12.1 Å². The first kappa shape index (κ1) is 24.9. The van der Waals surface area contributed by atoms with Crippen LogP contribution in [0, 0.1) is 0 Å². The molecule has 0 radical (unpaired) electrons. The normalized spacial score (nSPS) is 10.9. The number of carbonyl (C=O) groups excluding carboxylic acids is 2. The van der Waals surface area contributed by atoms with Crippen LogP contribution >= 0.6 is 0 Å². The van der Waals surface area contributed by atoms with Crippen LogP contribution in [0.1, 0.15) is 53.3 Å². The molecule has 0 aliphatic heterocycles. The number of carbonyl (C=O) groups is 3. The van der Waals surface area contributed by atoms with Crippen LogP contribution in [-0.2, 0) is 11.3 Å². The lowest BCUT2D eigenvalue weighted by atomic mass is 10.0. The van der Waals surface area contributed by atoms with Crippen molar-refractivity contribution in [1.29, 1.82) is 0 Å². The Morgan fingerprint density at radius 1 is 0.889 bits per heavy atom. The predicted octanol–water partition coefficient (Wildman–Crippen LogP) is 6.42. The number of hydrogen-bond donors (Lipinski definition) is 1. The summed E-state index contributed by atoms with van der Waals surface area (Å²) in [5, 5.41) is 9.95. The molecule has 1 N–H and O–H groups in total. The fourth-order valence-corrected chi connectivity index (χ4v) is 4.23. The number of Topliss-reactive ketones (excluding diaryl/α,β-unsaturated/α-hetero) is 2. The Morgan fingerprint density at radius 2 is 1.61 bits per heavy atom. The quantitative estimate of drug-likeness (QED) is 0.186. The Kier molecular flexibility index (Phi) is 7.95. The van der Waals surface area contributed by atoms with E-state index in [1.165, 1.54) is 12.1 Å². The number of rotatable bonds is 12. The maximum absolute atomic E-state index is 12.9. The number of hydrogen-bond acceptors (Lipinski definition) is 4. The third kappa shape index (κ3) is 5.89. The van der Waals surface area contributed by atoms with Crippen molar-refractivity contribution in [1.82, 2.24) is 4.57 Å². The molecule has 36 heavy (non-hydrogen) atoms. The predicted molar refractivity (Wildman–Crippen MR) is 140 cm³/mol. The van der Waals surface area contributed by atoms with Crippen LogP contribution in [0.4, 0.5) is 0 Å². The summed E-state index contributed by atoms with van der Waals surface area (Å²) in [6.07, 6.45) is 4.78. The minimum absolute atomic E-state index is 0.0211. The third-order valence-electron chi connectivity index (χ3n) is 6.14. The van der Waals surface area contributed by atoms with Gasteiger partial charge in [0, 0.05) is 29.1 Å². The molecule has 6 heteroatoms. The molecule has 0 fully saturated rings. The molecular weight excluding hydrogens is 454 g/mol. The number of benzene rings is 3. The van der Waals surface area contributed by atoms with Crippen molar-refractivity contribution in [2.45, 2.75) is 39.2 Å². The summed E-state index contributed by atoms with van der Waals surface area (Å²) in [6.45, 7) is 1.98. The summed E-state index contributed by atoms with van der Waals surface area (Å²) in [7, 11) is 0. The number of ketones is 2. The zero-order chi connectivity index (χ0) is 25.5. The van der Waals surface area contributed by atoms with Crippen LogP contribution in [0.2, 0.25) is 0 Å². The molecule has 0 amide bonds. The van der Waals surface area contributed by atoms with Gasteiger partial charge in [-0.25, -0.2) is 4.79 Å². The number of unbranched alkanes of at least 4 members (excludes halogenated alkanes) is 2. The van der Waals surface area contributed by atoms with Crippen molar-refractivity contribution in [3.05, 3.63) is 90.1 Å². The van der Waals surface area contributed by atoms with Gasteiger partial charge >= 0.3 is 5.97 Å². The molecule has 1 aromatic heterocycles. The van der Waals surface area contributed by atoms with Gasteiger partial charge < -0.3 is 14.4 Å². The summed E-state index contributed by atoms with van der Waals surface area (Å²) >= 11 is 0. The zero-order valence-corrected chi connectivity index (χ0v) is 20.3. The maximum Gasteiger partial charge on any atom is 0.335 e. The lowest BCUT2D eigenvalue weighted by Gasteiger charge is -2.08. The zero-order valence-electron chi connectivity index (χ0n) is 20.3. The smallest absolute Gasteiger partial charge is 0.335 e. The van der Waals surface area contributed by atoms with Gasteiger partial charge in [-0.2, -0.15) is 0 Å². The maximum atomic E-state index is 12.9. The van der Waals surface area contributed by atoms with Crippen LogP contribution < -0.4 is 4.74 Å². The van der Waals surface area contributed by atoms with E-state index < -0.39 is 5.97 Å². The monoisotopic (exact) mass is 483 g/mol. The van der Waals surface area contributed by atoms with Gasteiger partial charge in [0.15, 0.2) is 11.6 Å². The lowest BCUT2D eigenvalue weighted by molar-refractivity contribution is -0.121. The van der Waals surface area contributed by atoms with Gasteiger partial charge in [0.1, 0.15) is 12.4 Å². The number of carboxylic acids is 1. The van der Waals surface area contributed by atoms with Crippen molar-refractivity contribution in [2.24, 2.45) is 0 Å². The van der Waals surface area contributed by atoms with Crippen molar-refractivity contribution in [3.8, 4) is 16.9 Å². The summed E-state index contributed by atoms with van der Waals surface area (Å²) in [6, 6.07) is 22.2. The van der Waals surface area contributed by atoms with Crippen molar-refractivity contribution < 1.29 is 24.2 Å². The molecule has 0 saturated carbocycles. The summed E-state index contributed by atoms with van der Waals surface area (Å²) in [4.78, 5) is 37.1. The average Bonchev–Trinajstić information content (AvgIpc) is 3.26. The second-order valence-electron chi connectivity index (χ2n) is 8.81. The average molecular weight is 484 g/mol. The van der Waals surface area contributed by atoms with E-state index >= 15 is 0 Å². The molecular formula is C30H29NO5. The number of nitrogens with zero attached hydrogens (tertiary/aromatic N) is 1. The highest BCUT2D eigenvalue weighted by atomic mass is 16.5. The topological polar surface area (TPSA) is 85.6 Å². The molecule has 0 aliphatic carbocycles. The van der Waals surface area contributed by atoms with Crippen LogP contribution in [0.25, 0.3) is 22.0 Å². The summed E-state index contributed by atoms with van der Waals surface area (Å²) < 4.78 is 7.41. The summed E-state index contributed by atoms with van der Waals surface area (Å²) in [5.41, 5.74) is 3.38. The number of aromatic nitrogens is 1. The lowest BCUT2D eigenvalue weighted by Crippen LogP contribution is -2.17. The molecule has 0 saturated heterocycles. The second kappa shape index (κ2) is 11.5. The molecule has 4 aromatic rings. The number of aromatic carboxylic acids is 1. The first-order chi connectivity index (χ1) is 17.5. The second-order valence-corrected chi connectivity index (χ2v) is 8.81. The minimum atomic E-state index is -1.06. The molecule has 6 nitrogen and oxygen atoms in total. The highest BCUT2D eigenvalue weighted by molar-refractivity contribution is 6.09. The Balaban J connectivity index is 1.47. The number of ether oxygens (including phenoxy) is 1. The largest absolute Gasteiger partial charge is 0.486 e. The Bertz CT molecular complexity index is 1370. The summed E-state index contributed by atoms with van der Waals surface area (Å²) in [5.74, 6) is -0.668. The molecule has 0 unspecified atom stereocenters. The molecule has 0 atom stereocenters. The van der Waals surface area contributed by atoms with E-state index in [1.807, 2.05) is 54.6 Å². The molecule has 0 bridgehead atoms. The Morgan fingerprint density at radius 3 is 2.31 bits per heavy atom. The van der Waals surface area contributed by atoms with E-state index in [1.54, 1.807) is 16.8 Å². The molecule has 0 aliphatic rings. The van der Waals surface area contributed by atoms with Gasteiger partial charge in [-0.05, 0) is 47.9 Å². The van der Waals surface area contributed by atoms with Gasteiger partial charge in [-0.3, -0.25) is 9.59 Å². The Hall–Kier alpha value is -4.19. The standard InChI is InChI=1S/C30H29NO5/c1-2-3-5-10-29(33)27-19-31(28-16-13-23(30(34)35)17-26(27)28)18-24(32)20-36-25-14-11-22(12-15-25)21-8-6-4-7-9-21/h4,6-9,11-17,19H,2-3,5,10,18,20H2,1H3,(H,34,35). The first-order valence-electron chi connectivity index (χ1n) is 12.2. The van der Waals surface area contributed by atoms with E-state index in [9.17, 15) is 19.5 Å². The van der Waals surface area contributed by atoms with E-state index in [0.29, 0.717) is 28.6 Å². The molecule has 0 spiro atoms. The highest BCUT2D eigenvalue weighted by Gasteiger charge is 2.18. The van der Waals surface area contributed by atoms with Gasteiger partial charge in [-0.15, -0.1) is 0 Å². The van der Waals surface area contributed by atoms with Crippen LogP contribution in [0.3, 0.4) is 0 Å². The van der Waals surface area contributed by atoms with E-state index in [4.69, 9.17) is 4.74 Å². The number of fused-ring (bicyclic) bond motifs is 1. The van der Waals surface area contributed by atoms with Crippen molar-refractivity contribution in [3.63, 3.8) is 0 Å². The van der Waals surface area contributed by atoms with Crippen LogP contribution in [0.5, 0.6) is 5.75 Å². The van der Waals surface area contributed by atoms with E-state index in [0.717, 1.165) is 30.4 Å². The molecule has 3 aromatic carbocycles. The molecule has 184 valence electrons. The van der Waals surface area contributed by atoms with Crippen molar-refractivity contribution in [2.75, 3.05) is 6.61 Å². The van der Waals surface area contributed by atoms with Crippen molar-refractivity contribution >= 4 is 28.4 Å². The fourth-order valence-electron chi connectivity index (χ4n) is 4.23. The number of carboxylic acid groups (broad SMARTS) is 1. The van der Waals surface area contributed by atoms with E-state index in [-0.39, 0.29) is 30.3 Å². The SMILES string of the molecule is CCCCCC(=O)c1cn(CC(=O)COc2ccc(-c3ccccc3)cc2)c2ccc(C(=O)O)cc12. The van der Waals surface area contributed by atoms with E-state index in [2.05, 4.69) is 6.92 Å². The highest BCUT2D eigenvalue weighted by Crippen LogP contribution is 2.26.